The molecule has 172 valence electrons. The van der Waals surface area contributed by atoms with Crippen LogP contribution >= 0.6 is 0 Å². The van der Waals surface area contributed by atoms with Crippen molar-refractivity contribution in [3.63, 3.8) is 0 Å². The zero-order valence-corrected chi connectivity index (χ0v) is 18.1. The minimum atomic E-state index is -4.22. The first-order valence-electron chi connectivity index (χ1n) is 10.6. The number of halogens is 3. The number of carbonyl (C=O) groups is 1. The molecule has 7 nitrogen and oxygen atoms in total. The molecule has 1 aromatic rings. The minimum Gasteiger partial charge on any atom is -0.368 e. The molecular weight excluding hydrogens is 409 g/mol. The zero-order chi connectivity index (χ0) is 22.4. The lowest BCUT2D eigenvalue weighted by atomic mass is 10.2. The van der Waals surface area contributed by atoms with Crippen molar-refractivity contribution in [3.05, 3.63) is 30.3 Å². The molecule has 0 radical (unpaired) electrons. The maximum absolute atomic E-state index is 12.9. The largest absolute Gasteiger partial charge is 0.403 e. The average molecular weight is 441 g/mol. The molecule has 2 aliphatic rings. The lowest BCUT2D eigenvalue weighted by Gasteiger charge is -2.40. The maximum Gasteiger partial charge on any atom is 0.403 e. The van der Waals surface area contributed by atoms with Crippen molar-refractivity contribution >= 4 is 17.6 Å². The predicted molar refractivity (Wildman–Crippen MR) is 115 cm³/mol. The van der Waals surface area contributed by atoms with Gasteiger partial charge in [0.05, 0.1) is 6.54 Å². The second-order valence-electron chi connectivity index (χ2n) is 7.84. The Labute approximate surface area is 181 Å². The van der Waals surface area contributed by atoms with Crippen molar-refractivity contribution < 1.29 is 18.0 Å². The first-order valence-corrected chi connectivity index (χ1v) is 10.6. The van der Waals surface area contributed by atoms with Crippen LogP contribution in [0.4, 0.5) is 18.9 Å². The van der Waals surface area contributed by atoms with E-state index in [4.69, 9.17) is 0 Å². The summed E-state index contributed by atoms with van der Waals surface area (Å²) in [6.07, 6.45) is -4.22. The number of amides is 1. The highest BCUT2D eigenvalue weighted by Gasteiger charge is 2.41. The first-order chi connectivity index (χ1) is 14.8. The quantitative estimate of drug-likeness (QED) is 0.568. The summed E-state index contributed by atoms with van der Waals surface area (Å²) in [4.78, 5) is 24.3. The lowest BCUT2D eigenvalue weighted by molar-refractivity contribution is -0.181. The number of nitrogens with zero attached hydrogens (tertiary/aromatic N) is 5. The summed E-state index contributed by atoms with van der Waals surface area (Å²) < 4.78 is 38.8. The highest BCUT2D eigenvalue weighted by atomic mass is 19.4. The van der Waals surface area contributed by atoms with Gasteiger partial charge >= 0.3 is 6.18 Å². The van der Waals surface area contributed by atoms with Crippen molar-refractivity contribution in [3.8, 4) is 0 Å². The molecule has 0 bridgehead atoms. The van der Waals surface area contributed by atoms with E-state index in [1.165, 1.54) is 11.8 Å². The molecule has 1 N–H and O–H groups in total. The van der Waals surface area contributed by atoms with Crippen LogP contribution in [0.2, 0.25) is 0 Å². The van der Waals surface area contributed by atoms with Gasteiger partial charge in [-0.25, -0.2) is 0 Å². The van der Waals surface area contributed by atoms with Gasteiger partial charge in [-0.1, -0.05) is 18.2 Å². The van der Waals surface area contributed by atoms with Gasteiger partial charge in [0.2, 0.25) is 5.91 Å². The highest BCUT2D eigenvalue weighted by molar-refractivity contribution is 5.86. The van der Waals surface area contributed by atoms with E-state index in [-0.39, 0.29) is 12.5 Å². The first kappa shape index (κ1) is 23.2. The van der Waals surface area contributed by atoms with E-state index in [1.807, 2.05) is 28.0 Å². The van der Waals surface area contributed by atoms with E-state index in [0.717, 1.165) is 18.8 Å². The standard InChI is InChI=1S/C21H31F3N6O/c1-17(21(22,23)24)27-8-14-30(15-9-27)20(25-2)26-16-19(31)29-12-10-28(11-13-29)18-6-4-3-5-7-18/h3-7,17H,8-16H2,1-2H3,(H,25,26). The predicted octanol–water partition coefficient (Wildman–Crippen LogP) is 1.48. The number of aliphatic imine (C=N–C) groups is 1. The number of nitrogens with one attached hydrogen (secondary N) is 1. The Balaban J connectivity index is 1.42. The van der Waals surface area contributed by atoms with Crippen LogP contribution in [-0.2, 0) is 4.79 Å². The van der Waals surface area contributed by atoms with Gasteiger partial charge in [-0.05, 0) is 19.1 Å². The third kappa shape index (κ3) is 6.03. The number of alkyl halides is 3. The van der Waals surface area contributed by atoms with Crippen LogP contribution in [0.5, 0.6) is 0 Å². The number of guanidine groups is 1. The molecule has 10 heteroatoms. The Morgan fingerprint density at radius 1 is 1.00 bits per heavy atom. The Bertz CT molecular complexity index is 741. The second kappa shape index (κ2) is 10.2. The van der Waals surface area contributed by atoms with E-state index in [0.29, 0.717) is 45.2 Å². The van der Waals surface area contributed by atoms with Crippen molar-refractivity contribution in [2.24, 2.45) is 4.99 Å². The lowest BCUT2D eigenvalue weighted by Crippen LogP contribution is -2.57. The molecule has 2 heterocycles. The molecule has 1 aromatic carbocycles. The molecule has 0 spiro atoms. The zero-order valence-electron chi connectivity index (χ0n) is 18.1. The second-order valence-corrected chi connectivity index (χ2v) is 7.84. The van der Waals surface area contributed by atoms with Crippen LogP contribution < -0.4 is 10.2 Å². The molecule has 2 saturated heterocycles. The number of hydrogen-bond donors (Lipinski definition) is 1. The normalized spacial score (nSPS) is 20.0. The highest BCUT2D eigenvalue weighted by Crippen LogP contribution is 2.25. The molecule has 0 aromatic heterocycles. The summed E-state index contributed by atoms with van der Waals surface area (Å²) in [7, 11) is 1.62. The summed E-state index contributed by atoms with van der Waals surface area (Å²) in [6, 6.07) is 8.67. The molecule has 0 aliphatic carbocycles. The van der Waals surface area contributed by atoms with E-state index in [1.54, 1.807) is 7.05 Å². The Hall–Kier alpha value is -2.49. The van der Waals surface area contributed by atoms with Gasteiger partial charge in [-0.15, -0.1) is 0 Å². The van der Waals surface area contributed by atoms with Gasteiger partial charge in [0.15, 0.2) is 5.96 Å². The van der Waals surface area contributed by atoms with Crippen LogP contribution in [0.1, 0.15) is 6.92 Å². The molecule has 1 amide bonds. The van der Waals surface area contributed by atoms with Crippen LogP contribution in [-0.4, -0.2) is 105 Å². The number of hydrogen-bond acceptors (Lipinski definition) is 4. The van der Waals surface area contributed by atoms with Crippen molar-refractivity contribution in [2.45, 2.75) is 19.1 Å². The van der Waals surface area contributed by atoms with E-state index >= 15 is 0 Å². The molecule has 31 heavy (non-hydrogen) atoms. The SMILES string of the molecule is CN=C(NCC(=O)N1CCN(c2ccccc2)CC1)N1CCN(C(C)C(F)(F)F)CC1. The fourth-order valence-corrected chi connectivity index (χ4v) is 3.98. The summed E-state index contributed by atoms with van der Waals surface area (Å²) in [5.41, 5.74) is 1.16. The van der Waals surface area contributed by atoms with Crippen molar-refractivity contribution in [2.75, 3.05) is 70.9 Å². The summed E-state index contributed by atoms with van der Waals surface area (Å²) >= 11 is 0. The fourth-order valence-electron chi connectivity index (χ4n) is 3.98. The number of rotatable bonds is 4. The van der Waals surface area contributed by atoms with Crippen LogP contribution in [0.3, 0.4) is 0 Å². The number of anilines is 1. The third-order valence-corrected chi connectivity index (χ3v) is 6.00. The van der Waals surface area contributed by atoms with Gasteiger partial charge in [0, 0.05) is 65.1 Å². The van der Waals surface area contributed by atoms with E-state index in [9.17, 15) is 18.0 Å². The maximum atomic E-state index is 12.9. The molecular formula is C21H31F3N6O. The number of piperazine rings is 2. The summed E-state index contributed by atoms with van der Waals surface area (Å²) in [5, 5.41) is 3.08. The van der Waals surface area contributed by atoms with Gasteiger partial charge < -0.3 is 20.0 Å². The van der Waals surface area contributed by atoms with E-state index in [2.05, 4.69) is 27.3 Å². The van der Waals surface area contributed by atoms with Gasteiger partial charge in [-0.3, -0.25) is 14.7 Å². The monoisotopic (exact) mass is 440 g/mol. The van der Waals surface area contributed by atoms with Gasteiger partial charge in [0.1, 0.15) is 6.04 Å². The minimum absolute atomic E-state index is 0.00167. The molecule has 0 saturated carbocycles. The third-order valence-electron chi connectivity index (χ3n) is 6.00. The van der Waals surface area contributed by atoms with Crippen LogP contribution in [0.25, 0.3) is 0 Å². The topological polar surface area (TPSA) is 54.4 Å². The Morgan fingerprint density at radius 3 is 2.13 bits per heavy atom. The number of carbonyl (C=O) groups excluding carboxylic acids is 1. The molecule has 1 atom stereocenters. The summed E-state index contributed by atoms with van der Waals surface area (Å²) in [5.74, 6) is 0.550. The Kier molecular flexibility index (Phi) is 7.64. The molecule has 2 aliphatic heterocycles. The van der Waals surface area contributed by atoms with Gasteiger partial charge in [-0.2, -0.15) is 13.2 Å². The van der Waals surface area contributed by atoms with Crippen molar-refractivity contribution in [1.82, 2.24) is 20.0 Å². The van der Waals surface area contributed by atoms with E-state index < -0.39 is 12.2 Å². The summed E-state index contributed by atoms with van der Waals surface area (Å²) in [6.45, 7) is 5.66. The number of benzene rings is 1. The van der Waals surface area contributed by atoms with Crippen molar-refractivity contribution in [1.29, 1.82) is 0 Å². The molecule has 2 fully saturated rings. The molecule has 3 rings (SSSR count). The number of para-hydroxylation sites is 1. The fraction of sp³-hybridized carbons (Fsp3) is 0.619. The smallest absolute Gasteiger partial charge is 0.368 e. The van der Waals surface area contributed by atoms with Crippen LogP contribution in [0, 0.1) is 0 Å². The van der Waals surface area contributed by atoms with Crippen LogP contribution in [0.15, 0.2) is 35.3 Å². The van der Waals surface area contributed by atoms with Gasteiger partial charge in [0.25, 0.3) is 0 Å². The Morgan fingerprint density at radius 2 is 1.58 bits per heavy atom. The molecule has 1 unspecified atom stereocenters. The average Bonchev–Trinajstić information content (AvgIpc) is 2.79.